The zero-order valence-electron chi connectivity index (χ0n) is 77.4. The number of likely N-dealkylation sites (tertiary alicyclic amines) is 1. The van der Waals surface area contributed by atoms with Gasteiger partial charge in [0, 0.05) is 164 Å². The average Bonchev–Trinajstić information content (AvgIpc) is 1.53. The Kier molecular flexibility index (Phi) is 31.7. The molecule has 0 amide bonds. The number of Topliss-reactive ketones (excluding diaryl/α,β-unsaturated/α-hetero) is 4. The maximum atomic E-state index is 13.5. The van der Waals surface area contributed by atoms with Gasteiger partial charge in [0.25, 0.3) is 0 Å². The monoisotopic (exact) mass is 1930 g/mol. The Morgan fingerprint density at radius 2 is 0.937 bits per heavy atom. The number of benzene rings is 8. The van der Waals surface area contributed by atoms with Crippen molar-refractivity contribution in [2.75, 3.05) is 64.7 Å². The Hall–Kier alpha value is -16.4. The topological polar surface area (TPSA) is 259 Å². The number of nitrogens with zero attached hydrogens (tertiary/aromatic N) is 14. The van der Waals surface area contributed by atoms with Crippen LogP contribution >= 0.6 is 11.6 Å². The summed E-state index contributed by atoms with van der Waals surface area (Å²) in [6.45, 7) is 14.2. The maximum absolute atomic E-state index is 13.5. The molecule has 0 spiro atoms. The number of ketones is 4. The first kappa shape index (κ1) is 100. The molecular formula is C111H91ClF9N17O4. The summed E-state index contributed by atoms with van der Waals surface area (Å²) in [6.07, 6.45) is 5.20. The fourth-order valence-corrected chi connectivity index (χ4v) is 16.3. The predicted octanol–water partition coefficient (Wildman–Crippen LogP) is 19.7. The number of hydrogen-bond donors (Lipinski definition) is 3. The van der Waals surface area contributed by atoms with Crippen LogP contribution in [0.2, 0.25) is 5.02 Å². The minimum atomic E-state index is -4.67. The number of nitrogens with one attached hydrogen (secondary N) is 2. The lowest BCUT2D eigenvalue weighted by Gasteiger charge is -2.32. The largest absolute Gasteiger partial charge is 0.417 e. The van der Waals surface area contributed by atoms with Crippen LogP contribution in [-0.2, 0) is 57.2 Å². The Balaban J connectivity index is 0.000000143. The zero-order chi connectivity index (χ0) is 100. The summed E-state index contributed by atoms with van der Waals surface area (Å²) in [6, 6.07) is 55.7. The number of nitrogens with two attached hydrogens (primary N) is 1. The molecule has 21 nitrogen and oxygen atoms in total. The van der Waals surface area contributed by atoms with Gasteiger partial charge in [0.05, 0.1) is 65.1 Å². The first-order valence-electron chi connectivity index (χ1n) is 45.2. The van der Waals surface area contributed by atoms with Crippen molar-refractivity contribution in [2.45, 2.75) is 90.8 Å². The Morgan fingerprint density at radius 1 is 0.437 bits per heavy atom. The zero-order valence-corrected chi connectivity index (χ0v) is 78.1. The van der Waals surface area contributed by atoms with Crippen molar-refractivity contribution in [2.24, 2.45) is 5.73 Å². The quantitative estimate of drug-likeness (QED) is 0.0211. The second-order valence-corrected chi connectivity index (χ2v) is 34.5. The third kappa shape index (κ3) is 25.9. The normalized spacial score (nSPS) is 12.7. The number of aromatic nitrogens is 10. The van der Waals surface area contributed by atoms with Crippen LogP contribution in [0.4, 0.5) is 45.2 Å². The van der Waals surface area contributed by atoms with E-state index in [-0.39, 0.29) is 71.3 Å². The summed E-state index contributed by atoms with van der Waals surface area (Å²) < 4.78 is 128. The molecule has 0 radical (unpaired) electrons. The minimum Gasteiger partial charge on any atom is -0.387 e. The highest BCUT2D eigenvalue weighted by atomic mass is 35.5. The smallest absolute Gasteiger partial charge is 0.387 e. The summed E-state index contributed by atoms with van der Waals surface area (Å²) in [5.41, 5.74) is 18.1. The molecule has 10 heterocycles. The number of amidine groups is 1. The highest BCUT2D eigenvalue weighted by Gasteiger charge is 2.36. The van der Waals surface area contributed by atoms with E-state index in [9.17, 15) is 58.7 Å². The number of hydrogen-bond acceptors (Lipinski definition) is 16. The van der Waals surface area contributed by atoms with E-state index in [2.05, 4.69) is 111 Å². The Bertz CT molecular complexity index is 7800. The van der Waals surface area contributed by atoms with Crippen molar-refractivity contribution in [1.82, 2.24) is 62.4 Å². The summed E-state index contributed by atoms with van der Waals surface area (Å²) in [5.74, 6) is 23.4. The standard InChI is InChI=1S/C31H29F3N4O.C28H26ClN5O.C26H20F3N5O.C26H16F3N3O/c1-22-7-8-24(18-23(22)9-11-27-21-36-30-6-2-3-16-38(27)30)29(39)20-25-19-26(31(32,33)34)10-12-28(25)35-13-17-37-14-4-5-15-37;1-32-11-13-33(14-12-32)20-24-7-5-22(16-26(24)29)17-27(35)23-4-2-3-21(15-23)6-8-25-18-31-28-19-30-9-10-34(25)28;1-16-4-6-20(13-18(16)8-9-21-15-32-25-3-2-10-33-34(21)25)23(35)12-17-5-7-19(14-24(30)31)22(11-17)26(27,28)29;1-17-5-7-20(14-19(17)9-10-22-16-31-25-4-2-3-11-32(22)25)24(33)13-18-6-8-21(15-30)23(12-18)26(27,28)29/h2-3,6-8,10,12,16,18-19,21,35H,4-5,13-15,17,20H2,1H3;2-5,7,9-10,15-16,18-19H,11-14,17,20H2,1H3;2-7,10-11,13,15H,12,14H2,1H3,(H3,30,31);2-8,11-12,14,16H,13H2,1H3. The van der Waals surface area contributed by atoms with Gasteiger partial charge in [0.1, 0.15) is 34.1 Å². The van der Waals surface area contributed by atoms with Gasteiger partial charge in [-0.3, -0.25) is 47.7 Å². The Morgan fingerprint density at radius 3 is 1.49 bits per heavy atom. The number of alkyl halides is 9. The van der Waals surface area contributed by atoms with Gasteiger partial charge in [0.15, 0.2) is 34.4 Å². The van der Waals surface area contributed by atoms with Crippen molar-refractivity contribution < 1.29 is 58.7 Å². The molecule has 18 rings (SSSR count). The van der Waals surface area contributed by atoms with Gasteiger partial charge in [-0.25, -0.2) is 24.5 Å². The van der Waals surface area contributed by atoms with Crippen LogP contribution in [0.3, 0.4) is 0 Å². The van der Waals surface area contributed by atoms with E-state index in [1.54, 1.807) is 109 Å². The number of nitriles is 1. The molecule has 0 bridgehead atoms. The van der Waals surface area contributed by atoms with Crippen LogP contribution in [0.1, 0.15) is 172 Å². The van der Waals surface area contributed by atoms with Crippen molar-refractivity contribution >= 4 is 68.8 Å². The molecule has 142 heavy (non-hydrogen) atoms. The Labute approximate surface area is 817 Å². The fraction of sp³-hybridized carbons (Fsp3) is 0.207. The lowest BCUT2D eigenvalue weighted by atomic mass is 9.95. The van der Waals surface area contributed by atoms with E-state index in [0.29, 0.717) is 80.2 Å². The second-order valence-electron chi connectivity index (χ2n) is 34.1. The molecular weight excluding hydrogens is 1840 g/mol. The first-order valence-corrected chi connectivity index (χ1v) is 45.6. The van der Waals surface area contributed by atoms with E-state index in [1.807, 2.05) is 131 Å². The van der Waals surface area contributed by atoms with Gasteiger partial charge in [-0.05, 0) is 237 Å². The number of carbonyl (C=O) groups is 4. The van der Waals surface area contributed by atoms with Crippen molar-refractivity contribution in [1.29, 1.82) is 10.7 Å². The van der Waals surface area contributed by atoms with Crippen LogP contribution in [-0.4, -0.2) is 151 Å². The van der Waals surface area contributed by atoms with Crippen molar-refractivity contribution in [3.8, 4) is 53.4 Å². The fourth-order valence-electron chi connectivity index (χ4n) is 16.0. The summed E-state index contributed by atoms with van der Waals surface area (Å²) in [7, 11) is 2.15. The molecule has 0 unspecified atom stereocenters. The van der Waals surface area contributed by atoms with E-state index in [1.165, 1.54) is 43.2 Å². The van der Waals surface area contributed by atoms with Gasteiger partial charge in [-0.1, -0.05) is 126 Å². The number of carbonyl (C=O) groups excluding carboxylic acids is 4. The average molecular weight is 1930 g/mol. The van der Waals surface area contributed by atoms with Crippen molar-refractivity contribution in [3.63, 3.8) is 0 Å². The van der Waals surface area contributed by atoms with Crippen molar-refractivity contribution in [3.05, 3.63) is 407 Å². The van der Waals surface area contributed by atoms with Gasteiger partial charge in [0.2, 0.25) is 0 Å². The van der Waals surface area contributed by atoms with Gasteiger partial charge >= 0.3 is 18.5 Å². The third-order valence-corrected chi connectivity index (χ3v) is 24.3. The molecule has 8 aromatic carbocycles. The van der Waals surface area contributed by atoms with E-state index in [4.69, 9.17) is 28.0 Å². The molecule has 16 aromatic rings. The number of pyridine rings is 2. The first-order chi connectivity index (χ1) is 68.2. The summed E-state index contributed by atoms with van der Waals surface area (Å²) in [4.78, 5) is 80.3. The van der Waals surface area contributed by atoms with Crippen LogP contribution in [0, 0.1) is 84.9 Å². The summed E-state index contributed by atoms with van der Waals surface area (Å²) in [5, 5.41) is 24.4. The third-order valence-electron chi connectivity index (χ3n) is 23.9. The number of anilines is 1. The molecule has 0 saturated carbocycles. The number of halogens is 10. The molecule has 4 N–H and O–H groups in total. The number of imidazole rings is 4. The van der Waals surface area contributed by atoms with Gasteiger partial charge in [-0.15, -0.1) is 0 Å². The van der Waals surface area contributed by atoms with E-state index >= 15 is 0 Å². The maximum Gasteiger partial charge on any atom is 0.417 e. The molecule has 2 aliphatic heterocycles. The SMILES string of the molecule is CN1CCN(Cc2ccc(CC(=O)c3cccc(C#Cc4cnc5cnccn45)c3)cc2Cl)CC1.Cc1ccc(C(=O)Cc2cc(C(F)(F)F)ccc2NCCN2CCCC2)cc1C#Cc1cnc2ccccn12.Cc1ccc(C(=O)Cc2ccc(C#N)c(C(F)(F)F)c2)cc1C#Cc1cnc2ccccn12.Cc1ccc(C(=O)Cc2ccc(CC(=N)N)c(C(F)(F)F)c2)cc1C#Cc1cnc2cccnn12. The van der Waals surface area contributed by atoms with E-state index < -0.39 is 40.8 Å². The highest BCUT2D eigenvalue weighted by molar-refractivity contribution is 6.31. The molecule has 0 aliphatic carbocycles. The number of rotatable bonds is 20. The number of aryl methyl sites for hydroxylation is 3. The predicted molar refractivity (Wildman–Crippen MR) is 525 cm³/mol. The van der Waals surface area contributed by atoms with Gasteiger partial charge in [-0.2, -0.15) is 49.9 Å². The minimum absolute atomic E-state index is 0.0393. The number of fused-ring (bicyclic) bond motifs is 4. The number of likely N-dealkylation sites (N-methyl/N-ethyl adjacent to an activating group) is 1. The molecule has 2 aliphatic rings. The van der Waals surface area contributed by atoms with Crippen LogP contribution in [0.15, 0.2) is 262 Å². The van der Waals surface area contributed by atoms with Crippen LogP contribution in [0.5, 0.6) is 0 Å². The van der Waals surface area contributed by atoms with Gasteiger partial charge < -0.3 is 20.9 Å². The highest BCUT2D eigenvalue weighted by Crippen LogP contribution is 2.37. The lowest BCUT2D eigenvalue weighted by molar-refractivity contribution is -0.138. The summed E-state index contributed by atoms with van der Waals surface area (Å²) >= 11 is 6.59. The molecule has 31 heteroatoms. The molecule has 8 aromatic heterocycles. The molecule has 0 atom stereocenters. The van der Waals surface area contributed by atoms with Crippen LogP contribution < -0.4 is 11.1 Å². The molecule has 2 fully saturated rings. The number of piperazine rings is 1. The molecule has 714 valence electrons. The van der Waals surface area contributed by atoms with Crippen LogP contribution in [0.25, 0.3) is 22.6 Å². The van der Waals surface area contributed by atoms with E-state index in [0.717, 1.165) is 149 Å². The lowest BCUT2D eigenvalue weighted by Crippen LogP contribution is -2.43. The second kappa shape index (κ2) is 45.0. The molecule has 2 saturated heterocycles.